The Morgan fingerprint density at radius 3 is 1.68 bits per heavy atom. The maximum absolute atomic E-state index is 4.92. The molecule has 0 N–H and O–H groups in total. The summed E-state index contributed by atoms with van der Waals surface area (Å²) in [5.74, 6) is 0. The van der Waals surface area contributed by atoms with E-state index in [1.165, 1.54) is 55.6 Å². The first-order valence-corrected chi connectivity index (χ1v) is 11.9. The molecule has 2 aliphatic rings. The van der Waals surface area contributed by atoms with Crippen LogP contribution < -0.4 is 0 Å². The average Bonchev–Trinajstić information content (AvgIpc) is 3.32. The summed E-state index contributed by atoms with van der Waals surface area (Å²) in [6.07, 6.45) is 1.85. The van der Waals surface area contributed by atoms with Gasteiger partial charge in [-0.3, -0.25) is 4.98 Å². The quantitative estimate of drug-likeness (QED) is 0.268. The minimum Gasteiger partial charge on any atom is -0.257 e. The molecule has 2 aliphatic carbocycles. The standard InChI is InChI=1S/C32H24N2/c1-19-16-26-24-12-6-9-15-29(24)32(30(26)17-25(19)31-21(3)33-18-20(2)34-31)27-13-7-4-10-22(27)23-11-5-8-14-28(23)32/h4-18H,1-3H3. The smallest absolute Gasteiger partial charge is 0.0920 e. The number of benzene rings is 4. The monoisotopic (exact) mass is 436 g/mol. The van der Waals surface area contributed by atoms with E-state index in [0.717, 1.165) is 17.1 Å². The fraction of sp³-hybridized carbons (Fsp3) is 0.125. The van der Waals surface area contributed by atoms with E-state index in [0.29, 0.717) is 0 Å². The molecular formula is C32H24N2. The molecule has 162 valence electrons. The van der Waals surface area contributed by atoms with Crippen LogP contribution in [0.15, 0.2) is 91.1 Å². The molecule has 5 aromatic rings. The second kappa shape index (κ2) is 6.74. The van der Waals surface area contributed by atoms with E-state index in [9.17, 15) is 0 Å². The van der Waals surface area contributed by atoms with E-state index in [-0.39, 0.29) is 5.41 Å². The van der Waals surface area contributed by atoms with Crippen LogP contribution in [0.3, 0.4) is 0 Å². The van der Waals surface area contributed by atoms with Crippen molar-refractivity contribution >= 4 is 0 Å². The lowest BCUT2D eigenvalue weighted by Crippen LogP contribution is -2.26. The Kier molecular flexibility index (Phi) is 3.85. The van der Waals surface area contributed by atoms with E-state index < -0.39 is 0 Å². The van der Waals surface area contributed by atoms with Crippen LogP contribution in [-0.2, 0) is 5.41 Å². The third-order valence-electron chi connectivity index (χ3n) is 7.67. The second-order valence-electron chi connectivity index (χ2n) is 9.54. The van der Waals surface area contributed by atoms with Crippen LogP contribution in [0, 0.1) is 20.8 Å². The molecule has 0 radical (unpaired) electrons. The predicted octanol–water partition coefficient (Wildman–Crippen LogP) is 7.41. The SMILES string of the molecule is Cc1cnc(C)c(-c2cc3c(cc2C)-c2ccccc2C32c3ccccc3-c3ccccc32)n1. The van der Waals surface area contributed by atoms with Gasteiger partial charge in [0.2, 0.25) is 0 Å². The summed E-state index contributed by atoms with van der Waals surface area (Å²) >= 11 is 0. The maximum atomic E-state index is 4.92. The first-order chi connectivity index (χ1) is 16.6. The van der Waals surface area contributed by atoms with E-state index in [2.05, 4.69) is 104 Å². The normalized spacial score (nSPS) is 14.0. The molecule has 2 nitrogen and oxygen atoms in total. The Balaban J connectivity index is 1.65. The lowest BCUT2D eigenvalue weighted by Gasteiger charge is -2.31. The van der Waals surface area contributed by atoms with Gasteiger partial charge in [0.1, 0.15) is 0 Å². The largest absolute Gasteiger partial charge is 0.257 e. The zero-order chi connectivity index (χ0) is 23.0. The molecule has 0 saturated carbocycles. The van der Waals surface area contributed by atoms with Gasteiger partial charge >= 0.3 is 0 Å². The van der Waals surface area contributed by atoms with Gasteiger partial charge in [0.15, 0.2) is 0 Å². The van der Waals surface area contributed by atoms with E-state index in [4.69, 9.17) is 4.98 Å². The molecule has 0 aliphatic heterocycles. The number of aromatic nitrogens is 2. The van der Waals surface area contributed by atoms with Crippen LogP contribution in [0.2, 0.25) is 0 Å². The van der Waals surface area contributed by atoms with Crippen molar-refractivity contribution in [2.75, 3.05) is 0 Å². The molecule has 7 rings (SSSR count). The van der Waals surface area contributed by atoms with Gasteiger partial charge in [-0.05, 0) is 76.9 Å². The minimum atomic E-state index is -0.327. The molecule has 0 fully saturated rings. The molecular weight excluding hydrogens is 412 g/mol. The fourth-order valence-electron chi connectivity index (χ4n) is 6.29. The molecule has 0 bridgehead atoms. The van der Waals surface area contributed by atoms with Gasteiger partial charge in [-0.1, -0.05) is 78.9 Å². The van der Waals surface area contributed by atoms with Crippen LogP contribution in [0.5, 0.6) is 0 Å². The Morgan fingerprint density at radius 1 is 0.559 bits per heavy atom. The summed E-state index contributed by atoms with van der Waals surface area (Å²) in [6.45, 7) is 6.27. The Morgan fingerprint density at radius 2 is 1.09 bits per heavy atom. The van der Waals surface area contributed by atoms with Crippen LogP contribution in [0.25, 0.3) is 33.5 Å². The highest BCUT2D eigenvalue weighted by Gasteiger charge is 2.51. The second-order valence-corrected chi connectivity index (χ2v) is 9.54. The first kappa shape index (κ1) is 19.4. The van der Waals surface area contributed by atoms with Crippen LogP contribution >= 0.6 is 0 Å². The summed E-state index contributed by atoms with van der Waals surface area (Å²) in [7, 11) is 0. The van der Waals surface area contributed by atoms with E-state index in [1.807, 2.05) is 13.1 Å². The third kappa shape index (κ3) is 2.30. The molecule has 1 heterocycles. The van der Waals surface area contributed by atoms with Crippen molar-refractivity contribution < 1.29 is 0 Å². The summed E-state index contributed by atoms with van der Waals surface area (Å²) in [5.41, 5.74) is 15.7. The molecule has 0 unspecified atom stereocenters. The Bertz CT molecular complexity index is 1600. The van der Waals surface area contributed by atoms with Gasteiger partial charge in [0, 0.05) is 11.8 Å². The van der Waals surface area contributed by atoms with Crippen molar-refractivity contribution in [3.05, 3.63) is 130 Å². The van der Waals surface area contributed by atoms with E-state index in [1.54, 1.807) is 0 Å². The number of aryl methyl sites for hydroxylation is 3. The molecule has 1 aromatic heterocycles. The van der Waals surface area contributed by atoms with Gasteiger partial charge < -0.3 is 0 Å². The zero-order valence-electron chi connectivity index (χ0n) is 19.6. The van der Waals surface area contributed by atoms with Crippen molar-refractivity contribution in [2.45, 2.75) is 26.2 Å². The number of hydrogen-bond acceptors (Lipinski definition) is 2. The van der Waals surface area contributed by atoms with Gasteiger partial charge in [0.25, 0.3) is 0 Å². The minimum absolute atomic E-state index is 0.327. The number of nitrogens with zero attached hydrogens (tertiary/aromatic N) is 2. The lowest BCUT2D eigenvalue weighted by atomic mass is 9.70. The molecule has 0 saturated heterocycles. The lowest BCUT2D eigenvalue weighted by molar-refractivity contribution is 0.793. The highest BCUT2D eigenvalue weighted by molar-refractivity contribution is 5.96. The van der Waals surface area contributed by atoms with Crippen LogP contribution in [-0.4, -0.2) is 9.97 Å². The van der Waals surface area contributed by atoms with Crippen molar-refractivity contribution in [3.8, 4) is 33.5 Å². The van der Waals surface area contributed by atoms with Crippen molar-refractivity contribution in [1.29, 1.82) is 0 Å². The Hall–Kier alpha value is -4.04. The number of rotatable bonds is 1. The molecule has 2 heteroatoms. The third-order valence-corrected chi connectivity index (χ3v) is 7.67. The first-order valence-electron chi connectivity index (χ1n) is 11.9. The van der Waals surface area contributed by atoms with Gasteiger partial charge in [-0.25, -0.2) is 4.98 Å². The molecule has 34 heavy (non-hydrogen) atoms. The average molecular weight is 437 g/mol. The summed E-state index contributed by atoms with van der Waals surface area (Å²) in [4.78, 5) is 9.55. The molecule has 4 aromatic carbocycles. The number of hydrogen-bond donors (Lipinski definition) is 0. The maximum Gasteiger partial charge on any atom is 0.0920 e. The summed E-state index contributed by atoms with van der Waals surface area (Å²) < 4.78 is 0. The predicted molar refractivity (Wildman–Crippen MR) is 138 cm³/mol. The van der Waals surface area contributed by atoms with Gasteiger partial charge in [-0.2, -0.15) is 0 Å². The molecule has 0 amide bonds. The topological polar surface area (TPSA) is 25.8 Å². The number of fused-ring (bicyclic) bond motifs is 10. The van der Waals surface area contributed by atoms with Crippen molar-refractivity contribution in [3.63, 3.8) is 0 Å². The van der Waals surface area contributed by atoms with Crippen molar-refractivity contribution in [2.24, 2.45) is 0 Å². The highest BCUT2D eigenvalue weighted by Crippen LogP contribution is 2.63. The fourth-order valence-corrected chi connectivity index (χ4v) is 6.29. The zero-order valence-corrected chi connectivity index (χ0v) is 19.6. The van der Waals surface area contributed by atoms with Crippen LogP contribution in [0.4, 0.5) is 0 Å². The van der Waals surface area contributed by atoms with Gasteiger partial charge in [0.05, 0.1) is 22.5 Å². The highest BCUT2D eigenvalue weighted by atomic mass is 14.8. The molecule has 1 spiro atoms. The van der Waals surface area contributed by atoms with Crippen LogP contribution in [0.1, 0.15) is 39.2 Å². The Labute approximate surface area is 200 Å². The summed E-state index contributed by atoms with van der Waals surface area (Å²) in [6, 6.07) is 31.6. The van der Waals surface area contributed by atoms with Gasteiger partial charge in [-0.15, -0.1) is 0 Å². The van der Waals surface area contributed by atoms with Crippen molar-refractivity contribution in [1.82, 2.24) is 9.97 Å². The molecule has 0 atom stereocenters. The summed E-state index contributed by atoms with van der Waals surface area (Å²) in [5, 5.41) is 0. The van der Waals surface area contributed by atoms with E-state index >= 15 is 0 Å².